The van der Waals surface area contributed by atoms with E-state index in [-0.39, 0.29) is 27.6 Å². The second-order valence-corrected chi connectivity index (χ2v) is 18.1. The highest BCUT2D eigenvalue weighted by atomic mass is 35.5. The zero-order valence-corrected chi connectivity index (χ0v) is 27.6. The molecule has 0 bridgehead atoms. The molecule has 6 nitrogen and oxygen atoms in total. The number of halogens is 2. The lowest BCUT2D eigenvalue weighted by atomic mass is 9.89. The number of nitrogens with one attached hydrogen (secondary N) is 1. The van der Waals surface area contributed by atoms with Gasteiger partial charge < -0.3 is 19.2 Å². The Hall–Kier alpha value is -1.51. The fourth-order valence-corrected chi connectivity index (χ4v) is 6.18. The molecular weight excluding hydrogens is 563 g/mol. The smallest absolute Gasteiger partial charge is 0.231 e. The van der Waals surface area contributed by atoms with Crippen molar-refractivity contribution in [1.29, 1.82) is 0 Å². The summed E-state index contributed by atoms with van der Waals surface area (Å²) in [5, 5.41) is 2.60. The van der Waals surface area contributed by atoms with Gasteiger partial charge in [-0.15, -0.1) is 23.2 Å². The van der Waals surface area contributed by atoms with E-state index in [1.165, 1.54) is 19.3 Å². The Bertz CT molecular complexity index is 1030. The second-order valence-electron chi connectivity index (χ2n) is 12.3. The van der Waals surface area contributed by atoms with Crippen LogP contribution in [0.4, 0.5) is 5.69 Å². The summed E-state index contributed by atoms with van der Waals surface area (Å²) in [6.45, 7) is 15.5. The molecule has 1 aromatic rings. The van der Waals surface area contributed by atoms with Crippen LogP contribution < -0.4 is 14.8 Å². The third-order valence-corrected chi connectivity index (χ3v) is 13.8. The van der Waals surface area contributed by atoms with Crippen LogP contribution in [-0.4, -0.2) is 69.8 Å². The molecule has 1 aliphatic heterocycles. The molecular formula is C31H48Cl2N2O4Si. The Kier molecular flexibility index (Phi) is 12.5. The van der Waals surface area contributed by atoms with Crippen LogP contribution in [0.2, 0.25) is 18.1 Å². The Balaban J connectivity index is 1.68. The number of methoxy groups -OCH3 is 1. The number of carbonyl (C=O) groups is 1. The molecule has 1 heterocycles. The number of ether oxygens (including phenoxy) is 2. The van der Waals surface area contributed by atoms with E-state index in [4.69, 9.17) is 37.1 Å². The molecule has 0 saturated carbocycles. The molecule has 224 valence electrons. The van der Waals surface area contributed by atoms with Crippen LogP contribution in [0.15, 0.2) is 42.0 Å². The van der Waals surface area contributed by atoms with E-state index < -0.39 is 8.32 Å². The molecule has 40 heavy (non-hydrogen) atoms. The van der Waals surface area contributed by atoms with E-state index in [0.29, 0.717) is 36.8 Å². The average molecular weight is 612 g/mol. The van der Waals surface area contributed by atoms with Gasteiger partial charge in [-0.2, -0.15) is 0 Å². The van der Waals surface area contributed by atoms with Gasteiger partial charge >= 0.3 is 0 Å². The number of hydrogen-bond donors (Lipinski definition) is 1. The summed E-state index contributed by atoms with van der Waals surface area (Å²) < 4.78 is 18.0. The third kappa shape index (κ3) is 9.52. The van der Waals surface area contributed by atoms with Crippen LogP contribution in [0.1, 0.15) is 52.9 Å². The van der Waals surface area contributed by atoms with Crippen molar-refractivity contribution >= 4 is 43.1 Å². The molecule has 3 unspecified atom stereocenters. The number of anilines is 1. The number of amides is 1. The quantitative estimate of drug-likeness (QED) is 0.141. The monoisotopic (exact) mass is 610 g/mol. The molecule has 1 fully saturated rings. The zero-order chi connectivity index (χ0) is 29.3. The largest absolute Gasteiger partial charge is 0.493 e. The zero-order valence-electron chi connectivity index (χ0n) is 25.1. The van der Waals surface area contributed by atoms with Gasteiger partial charge in [-0.05, 0) is 74.6 Å². The van der Waals surface area contributed by atoms with Gasteiger partial charge in [-0.25, -0.2) is 0 Å². The lowest BCUT2D eigenvalue weighted by Crippen LogP contribution is -2.41. The number of nitrogens with zero attached hydrogens (tertiary/aromatic N) is 1. The van der Waals surface area contributed by atoms with Crippen molar-refractivity contribution in [2.24, 2.45) is 5.92 Å². The molecule has 0 aromatic heterocycles. The number of carbonyl (C=O) groups excluding carboxylic acids is 1. The molecule has 2 aliphatic rings. The summed E-state index contributed by atoms with van der Waals surface area (Å²) >= 11 is 12.8. The summed E-state index contributed by atoms with van der Waals surface area (Å²) in [5.74, 6) is 0.797. The van der Waals surface area contributed by atoms with Crippen LogP contribution in [0, 0.1) is 5.92 Å². The van der Waals surface area contributed by atoms with Crippen LogP contribution in [-0.2, 0) is 9.22 Å². The van der Waals surface area contributed by atoms with E-state index >= 15 is 0 Å². The van der Waals surface area contributed by atoms with Crippen molar-refractivity contribution in [3.63, 3.8) is 0 Å². The van der Waals surface area contributed by atoms with Gasteiger partial charge in [0.1, 0.15) is 6.61 Å². The number of likely N-dealkylation sites (tertiary alicyclic amines) is 1. The average Bonchev–Trinajstić information content (AvgIpc) is 2.90. The predicted octanol–water partition coefficient (Wildman–Crippen LogP) is 7.63. The van der Waals surface area contributed by atoms with Gasteiger partial charge in [0.25, 0.3) is 0 Å². The topological polar surface area (TPSA) is 60.0 Å². The number of rotatable bonds is 13. The number of allylic oxidation sites excluding steroid dienone is 3. The maximum atomic E-state index is 13.7. The SMILES string of the molecule is COc1ccc(NC(=O)C(CCCO[Si](C)(C)C(C)(C)C)C2=CC(Cl)C(Cl)C=C2)cc1OCCN1CCCCC1. The first-order valence-corrected chi connectivity index (χ1v) is 18.4. The molecule has 1 N–H and O–H groups in total. The Morgan fingerprint density at radius 2 is 1.82 bits per heavy atom. The predicted molar refractivity (Wildman–Crippen MR) is 170 cm³/mol. The van der Waals surface area contributed by atoms with Gasteiger partial charge in [-0.1, -0.05) is 45.4 Å². The molecule has 3 rings (SSSR count). The van der Waals surface area contributed by atoms with Gasteiger partial charge in [0.15, 0.2) is 19.8 Å². The maximum Gasteiger partial charge on any atom is 0.231 e. The van der Waals surface area contributed by atoms with E-state index in [1.54, 1.807) is 7.11 Å². The minimum Gasteiger partial charge on any atom is -0.493 e. The van der Waals surface area contributed by atoms with E-state index in [9.17, 15) is 4.79 Å². The summed E-state index contributed by atoms with van der Waals surface area (Å²) in [6.07, 6.45) is 10.9. The van der Waals surface area contributed by atoms with Crippen LogP contribution in [0.25, 0.3) is 0 Å². The fraction of sp³-hybridized carbons (Fsp3) is 0.645. The highest BCUT2D eigenvalue weighted by Gasteiger charge is 2.37. The van der Waals surface area contributed by atoms with Crippen molar-refractivity contribution in [3.8, 4) is 11.5 Å². The lowest BCUT2D eigenvalue weighted by Gasteiger charge is -2.36. The molecule has 9 heteroatoms. The summed E-state index contributed by atoms with van der Waals surface area (Å²) in [6, 6.07) is 5.52. The Morgan fingerprint density at radius 1 is 1.10 bits per heavy atom. The maximum absolute atomic E-state index is 13.7. The molecule has 3 atom stereocenters. The van der Waals surface area contributed by atoms with Crippen molar-refractivity contribution in [1.82, 2.24) is 4.90 Å². The molecule has 1 aromatic carbocycles. The number of benzene rings is 1. The molecule has 1 saturated heterocycles. The number of alkyl halides is 2. The minimum atomic E-state index is -1.86. The van der Waals surface area contributed by atoms with Gasteiger partial charge in [0, 0.05) is 24.9 Å². The first-order valence-electron chi connectivity index (χ1n) is 14.6. The number of hydrogen-bond acceptors (Lipinski definition) is 5. The first kappa shape index (κ1) is 33.0. The van der Waals surface area contributed by atoms with Crippen LogP contribution in [0.3, 0.4) is 0 Å². The summed E-state index contributed by atoms with van der Waals surface area (Å²) in [7, 11) is -0.233. The molecule has 1 amide bonds. The highest BCUT2D eigenvalue weighted by molar-refractivity contribution is 6.74. The lowest BCUT2D eigenvalue weighted by molar-refractivity contribution is -0.119. The molecule has 0 spiro atoms. The van der Waals surface area contributed by atoms with Crippen molar-refractivity contribution in [2.75, 3.05) is 45.3 Å². The number of piperidine rings is 1. The van der Waals surface area contributed by atoms with Crippen LogP contribution in [0.5, 0.6) is 11.5 Å². The normalized spacial score (nSPS) is 21.1. The van der Waals surface area contributed by atoms with Crippen molar-refractivity contribution in [2.45, 2.75) is 81.8 Å². The fourth-order valence-electron chi connectivity index (χ4n) is 4.72. The summed E-state index contributed by atoms with van der Waals surface area (Å²) in [5.41, 5.74) is 1.55. The minimum absolute atomic E-state index is 0.0930. The van der Waals surface area contributed by atoms with E-state index in [2.05, 4.69) is 44.1 Å². The Labute approximate surface area is 252 Å². The molecule has 1 aliphatic carbocycles. The third-order valence-electron chi connectivity index (χ3n) is 8.30. The van der Waals surface area contributed by atoms with Crippen molar-refractivity contribution in [3.05, 3.63) is 42.0 Å². The molecule has 0 radical (unpaired) electrons. The van der Waals surface area contributed by atoms with E-state index in [1.807, 2.05) is 36.4 Å². The van der Waals surface area contributed by atoms with E-state index in [0.717, 1.165) is 31.6 Å². The van der Waals surface area contributed by atoms with Crippen LogP contribution >= 0.6 is 23.2 Å². The summed E-state index contributed by atoms with van der Waals surface area (Å²) in [4.78, 5) is 16.1. The van der Waals surface area contributed by atoms with Gasteiger partial charge in [0.05, 0.1) is 23.8 Å². The van der Waals surface area contributed by atoms with Gasteiger partial charge in [-0.3, -0.25) is 9.69 Å². The van der Waals surface area contributed by atoms with Crippen molar-refractivity contribution < 1.29 is 18.7 Å². The standard InChI is InChI=1S/C31H48Cl2N2O4Si/c1-31(2,3)40(5,6)39-19-10-11-25(23-12-14-26(32)27(33)21-23)30(36)34-24-13-15-28(37-4)29(22-24)38-20-18-35-16-8-7-9-17-35/h12-15,21-22,25-27H,7-11,16-20H2,1-6H3,(H,34,36). The first-order chi connectivity index (χ1) is 18.9. The van der Waals surface area contributed by atoms with Gasteiger partial charge in [0.2, 0.25) is 5.91 Å². The second kappa shape index (κ2) is 15.1. The highest BCUT2D eigenvalue weighted by Crippen LogP contribution is 2.37. The Morgan fingerprint density at radius 3 is 2.48 bits per heavy atom.